The second-order valence-corrected chi connectivity index (χ2v) is 8.14. The lowest BCUT2D eigenvalue weighted by molar-refractivity contribution is -0.139. The summed E-state index contributed by atoms with van der Waals surface area (Å²) in [5.41, 5.74) is 1.97. The number of piperidine rings is 1. The molecule has 10 heteroatoms. The van der Waals surface area contributed by atoms with Crippen molar-refractivity contribution in [3.8, 4) is 5.88 Å². The summed E-state index contributed by atoms with van der Waals surface area (Å²) in [5, 5.41) is 0. The number of carbonyl (C=O) groups excluding carboxylic acids is 1. The van der Waals surface area contributed by atoms with Crippen LogP contribution in [0.4, 0.5) is 19.1 Å². The van der Waals surface area contributed by atoms with Gasteiger partial charge in [0.15, 0.2) is 0 Å². The van der Waals surface area contributed by atoms with E-state index in [0.717, 1.165) is 24.4 Å². The van der Waals surface area contributed by atoms with Crippen LogP contribution in [-0.4, -0.2) is 64.2 Å². The van der Waals surface area contributed by atoms with Crippen LogP contribution in [0, 0.1) is 19.8 Å². The first-order chi connectivity index (χ1) is 14.7. The van der Waals surface area contributed by atoms with E-state index in [9.17, 15) is 18.0 Å². The fraction of sp³-hybridized carbons (Fsp3) is 0.524. The van der Waals surface area contributed by atoms with Gasteiger partial charge in [-0.05, 0) is 44.4 Å². The Morgan fingerprint density at radius 3 is 2.65 bits per heavy atom. The van der Waals surface area contributed by atoms with Crippen LogP contribution in [0.2, 0.25) is 0 Å². The first-order valence-corrected chi connectivity index (χ1v) is 10.2. The van der Waals surface area contributed by atoms with Crippen LogP contribution in [0.25, 0.3) is 0 Å². The summed E-state index contributed by atoms with van der Waals surface area (Å²) >= 11 is 0. The van der Waals surface area contributed by atoms with E-state index in [2.05, 4.69) is 19.9 Å². The van der Waals surface area contributed by atoms with Gasteiger partial charge < -0.3 is 14.5 Å². The van der Waals surface area contributed by atoms with Gasteiger partial charge in [0.25, 0.3) is 5.91 Å². The molecule has 2 atom stereocenters. The molecule has 2 aromatic rings. The Morgan fingerprint density at radius 1 is 1.19 bits per heavy atom. The molecule has 1 amide bonds. The number of alkyl halides is 3. The van der Waals surface area contributed by atoms with E-state index in [1.807, 2.05) is 19.9 Å². The molecule has 2 aromatic heterocycles. The minimum absolute atomic E-state index is 0.0656. The van der Waals surface area contributed by atoms with Crippen molar-refractivity contribution in [3.05, 3.63) is 41.3 Å². The maximum Gasteiger partial charge on any atom is 0.392 e. The Labute approximate surface area is 178 Å². The smallest absolute Gasteiger partial charge is 0.392 e. The largest absolute Gasteiger partial charge is 0.477 e. The molecule has 0 aliphatic carbocycles. The van der Waals surface area contributed by atoms with Gasteiger partial charge in [0.1, 0.15) is 5.56 Å². The highest BCUT2D eigenvalue weighted by atomic mass is 19.4. The Kier molecular flexibility index (Phi) is 5.72. The van der Waals surface area contributed by atoms with Gasteiger partial charge in [-0.2, -0.15) is 13.2 Å². The van der Waals surface area contributed by atoms with Crippen LogP contribution in [0.3, 0.4) is 0 Å². The van der Waals surface area contributed by atoms with Gasteiger partial charge in [-0.15, -0.1) is 0 Å². The summed E-state index contributed by atoms with van der Waals surface area (Å²) in [6.45, 7) is 5.09. The molecule has 7 nitrogen and oxygen atoms in total. The highest BCUT2D eigenvalue weighted by Crippen LogP contribution is 2.33. The molecule has 2 aliphatic rings. The normalized spacial score (nSPS) is 20.8. The fourth-order valence-corrected chi connectivity index (χ4v) is 4.31. The number of fused-ring (bicyclic) bond motifs is 2. The van der Waals surface area contributed by atoms with Crippen molar-refractivity contribution in [2.45, 2.75) is 38.9 Å². The number of hydrogen-bond donors (Lipinski definition) is 0. The molecule has 0 saturated carbocycles. The Morgan fingerprint density at radius 2 is 1.94 bits per heavy atom. The van der Waals surface area contributed by atoms with Crippen LogP contribution in [0.1, 0.15) is 34.6 Å². The zero-order valence-corrected chi connectivity index (χ0v) is 17.4. The SMILES string of the molecule is Cc1cc(C)nc(N2CC3CC2CN(C(=O)c2cccnc2OCCC(F)(F)F)C3)n1. The van der Waals surface area contributed by atoms with E-state index in [-0.39, 0.29) is 29.3 Å². The number of aromatic nitrogens is 3. The third-order valence-electron chi connectivity index (χ3n) is 5.55. The molecule has 31 heavy (non-hydrogen) atoms. The van der Waals surface area contributed by atoms with Crippen molar-refractivity contribution in [1.82, 2.24) is 19.9 Å². The van der Waals surface area contributed by atoms with Gasteiger partial charge in [0.05, 0.1) is 13.0 Å². The monoisotopic (exact) mass is 435 g/mol. The Bertz CT molecular complexity index is 948. The highest BCUT2D eigenvalue weighted by molar-refractivity contribution is 5.96. The number of nitrogens with zero attached hydrogens (tertiary/aromatic N) is 5. The molecule has 4 rings (SSSR count). The van der Waals surface area contributed by atoms with Gasteiger partial charge in [-0.3, -0.25) is 4.79 Å². The zero-order chi connectivity index (χ0) is 22.2. The molecule has 2 saturated heterocycles. The van der Waals surface area contributed by atoms with E-state index in [4.69, 9.17) is 4.74 Å². The first kappa shape index (κ1) is 21.3. The van der Waals surface area contributed by atoms with Gasteiger partial charge in [-0.25, -0.2) is 15.0 Å². The number of anilines is 1. The van der Waals surface area contributed by atoms with Crippen molar-refractivity contribution in [1.29, 1.82) is 0 Å². The van der Waals surface area contributed by atoms with Crippen molar-refractivity contribution >= 4 is 11.9 Å². The summed E-state index contributed by atoms with van der Waals surface area (Å²) in [7, 11) is 0. The van der Waals surface area contributed by atoms with Gasteiger partial charge in [0, 0.05) is 43.3 Å². The summed E-state index contributed by atoms with van der Waals surface area (Å²) in [6, 6.07) is 5.14. The van der Waals surface area contributed by atoms with Gasteiger partial charge in [0.2, 0.25) is 11.8 Å². The first-order valence-electron chi connectivity index (χ1n) is 10.2. The average Bonchev–Trinajstić information content (AvgIpc) is 2.99. The molecule has 0 aromatic carbocycles. The number of halogens is 3. The lowest BCUT2D eigenvalue weighted by atomic mass is 9.99. The van der Waals surface area contributed by atoms with E-state index in [1.54, 1.807) is 17.0 Å². The standard InChI is InChI=1S/C21H24F3N5O2/c1-13-8-14(2)27-20(26-13)29-11-15-9-16(29)12-28(10-15)19(30)17-4-3-6-25-18(17)31-7-5-21(22,23)24/h3-4,6,8,15-16H,5,7,9-12H2,1-2H3. The van der Waals surface area contributed by atoms with Crippen molar-refractivity contribution in [2.75, 3.05) is 31.1 Å². The topological polar surface area (TPSA) is 71.5 Å². The zero-order valence-electron chi connectivity index (χ0n) is 17.4. The van der Waals surface area contributed by atoms with Gasteiger partial charge in [-0.1, -0.05) is 0 Å². The van der Waals surface area contributed by atoms with Crippen LogP contribution in [0.15, 0.2) is 24.4 Å². The minimum atomic E-state index is -4.33. The highest BCUT2D eigenvalue weighted by Gasteiger charge is 2.42. The molecule has 0 radical (unpaired) electrons. The second-order valence-electron chi connectivity index (χ2n) is 8.14. The van der Waals surface area contributed by atoms with E-state index < -0.39 is 19.2 Å². The van der Waals surface area contributed by atoms with Crippen molar-refractivity contribution < 1.29 is 22.7 Å². The molecular formula is C21H24F3N5O2. The number of ether oxygens (including phenoxy) is 1. The van der Waals surface area contributed by atoms with E-state index in [0.29, 0.717) is 19.0 Å². The summed E-state index contributed by atoms with van der Waals surface area (Å²) in [6.07, 6.45) is -3.08. The quantitative estimate of drug-likeness (QED) is 0.719. The van der Waals surface area contributed by atoms with Crippen molar-refractivity contribution in [3.63, 3.8) is 0 Å². The maximum atomic E-state index is 13.2. The van der Waals surface area contributed by atoms with Crippen LogP contribution in [0.5, 0.6) is 5.88 Å². The number of hydrogen-bond acceptors (Lipinski definition) is 6. The molecule has 166 valence electrons. The van der Waals surface area contributed by atoms with Gasteiger partial charge >= 0.3 is 6.18 Å². The molecule has 2 aliphatic heterocycles. The predicted molar refractivity (Wildman–Crippen MR) is 107 cm³/mol. The lowest BCUT2D eigenvalue weighted by Crippen LogP contribution is -2.45. The predicted octanol–water partition coefficient (Wildman–Crippen LogP) is 3.17. The lowest BCUT2D eigenvalue weighted by Gasteiger charge is -2.33. The Hall–Kier alpha value is -2.91. The molecule has 0 spiro atoms. The number of pyridine rings is 1. The fourth-order valence-electron chi connectivity index (χ4n) is 4.31. The van der Waals surface area contributed by atoms with E-state index in [1.165, 1.54) is 6.20 Å². The third kappa shape index (κ3) is 4.88. The molecule has 2 unspecified atom stereocenters. The molecule has 2 fully saturated rings. The molecule has 0 N–H and O–H groups in total. The Balaban J connectivity index is 1.48. The summed E-state index contributed by atoms with van der Waals surface area (Å²) in [4.78, 5) is 30.2. The van der Waals surface area contributed by atoms with Crippen molar-refractivity contribution in [2.24, 2.45) is 5.92 Å². The van der Waals surface area contributed by atoms with Crippen LogP contribution >= 0.6 is 0 Å². The minimum Gasteiger partial charge on any atom is -0.477 e. The average molecular weight is 435 g/mol. The third-order valence-corrected chi connectivity index (χ3v) is 5.55. The molecular weight excluding hydrogens is 411 g/mol. The van der Waals surface area contributed by atoms with Crippen LogP contribution < -0.4 is 9.64 Å². The number of likely N-dealkylation sites (tertiary alicyclic amines) is 1. The van der Waals surface area contributed by atoms with Crippen LogP contribution in [-0.2, 0) is 0 Å². The number of aryl methyl sites for hydroxylation is 2. The second kappa shape index (κ2) is 8.32. The molecule has 2 bridgehead atoms. The summed E-state index contributed by atoms with van der Waals surface area (Å²) < 4.78 is 42.5. The molecule has 4 heterocycles. The number of amides is 1. The number of rotatable bonds is 5. The number of carbonyl (C=O) groups is 1. The maximum absolute atomic E-state index is 13.2. The van der Waals surface area contributed by atoms with E-state index >= 15 is 0 Å². The summed E-state index contributed by atoms with van der Waals surface area (Å²) in [5.74, 6) is 0.604.